The standard InChI is InChI=1S/C14H21NO3/c1-11(2)12-6-4-5-7-13(12)18-10-14(17)15(3)8-9-16/h4-7,11,16H,8-10H2,1-3H3. The van der Waals surface area contributed by atoms with Crippen molar-refractivity contribution in [2.24, 2.45) is 0 Å². The molecule has 0 fully saturated rings. The second-order valence-electron chi connectivity index (χ2n) is 4.52. The maximum absolute atomic E-state index is 11.7. The van der Waals surface area contributed by atoms with Crippen LogP contribution in [0.4, 0.5) is 0 Å². The molecule has 1 rings (SSSR count). The summed E-state index contributed by atoms with van der Waals surface area (Å²) in [7, 11) is 1.65. The number of aliphatic hydroxyl groups is 1. The summed E-state index contributed by atoms with van der Waals surface area (Å²) in [4.78, 5) is 13.1. The second kappa shape index (κ2) is 7.01. The molecule has 4 nitrogen and oxygen atoms in total. The van der Waals surface area contributed by atoms with Crippen LogP contribution in [0.2, 0.25) is 0 Å². The largest absolute Gasteiger partial charge is 0.483 e. The fourth-order valence-electron chi connectivity index (χ4n) is 1.61. The van der Waals surface area contributed by atoms with E-state index in [0.29, 0.717) is 12.5 Å². The van der Waals surface area contributed by atoms with Gasteiger partial charge in [0.05, 0.1) is 6.61 Å². The molecule has 1 aromatic carbocycles. The highest BCUT2D eigenvalue weighted by Gasteiger charge is 2.11. The van der Waals surface area contributed by atoms with E-state index in [9.17, 15) is 4.79 Å². The first-order valence-electron chi connectivity index (χ1n) is 6.12. The van der Waals surface area contributed by atoms with E-state index in [1.54, 1.807) is 7.05 Å². The first kappa shape index (κ1) is 14.5. The first-order chi connectivity index (χ1) is 8.56. The molecule has 0 saturated carbocycles. The summed E-state index contributed by atoms with van der Waals surface area (Å²) in [5, 5.41) is 8.75. The van der Waals surface area contributed by atoms with Crippen LogP contribution in [-0.2, 0) is 4.79 Å². The number of likely N-dealkylation sites (N-methyl/N-ethyl adjacent to an activating group) is 1. The molecule has 0 unspecified atom stereocenters. The maximum Gasteiger partial charge on any atom is 0.260 e. The minimum absolute atomic E-state index is 0.000231. The Morgan fingerprint density at radius 1 is 1.39 bits per heavy atom. The molecule has 0 atom stereocenters. The Hall–Kier alpha value is -1.55. The molecule has 100 valence electrons. The van der Waals surface area contributed by atoms with Crippen molar-refractivity contribution in [1.82, 2.24) is 4.90 Å². The zero-order chi connectivity index (χ0) is 13.5. The molecule has 0 aliphatic heterocycles. The van der Waals surface area contributed by atoms with Crippen molar-refractivity contribution in [3.8, 4) is 5.75 Å². The highest BCUT2D eigenvalue weighted by Crippen LogP contribution is 2.25. The number of ether oxygens (including phenoxy) is 1. The number of aliphatic hydroxyl groups excluding tert-OH is 1. The Morgan fingerprint density at radius 2 is 2.06 bits per heavy atom. The monoisotopic (exact) mass is 251 g/mol. The van der Waals surface area contributed by atoms with Gasteiger partial charge in [-0.2, -0.15) is 0 Å². The van der Waals surface area contributed by atoms with E-state index in [0.717, 1.165) is 11.3 Å². The topological polar surface area (TPSA) is 49.8 Å². The Kier molecular flexibility index (Phi) is 5.65. The average Bonchev–Trinajstić information content (AvgIpc) is 2.36. The van der Waals surface area contributed by atoms with E-state index < -0.39 is 0 Å². The fourth-order valence-corrected chi connectivity index (χ4v) is 1.61. The molecule has 0 saturated heterocycles. The second-order valence-corrected chi connectivity index (χ2v) is 4.52. The zero-order valence-corrected chi connectivity index (χ0v) is 11.2. The number of hydrogen-bond donors (Lipinski definition) is 1. The molecule has 0 radical (unpaired) electrons. The van der Waals surface area contributed by atoms with Crippen molar-refractivity contribution in [2.45, 2.75) is 19.8 Å². The van der Waals surface area contributed by atoms with Gasteiger partial charge in [0.2, 0.25) is 0 Å². The summed E-state index contributed by atoms with van der Waals surface area (Å²) in [6, 6.07) is 7.72. The minimum Gasteiger partial charge on any atom is -0.483 e. The van der Waals surface area contributed by atoms with E-state index in [1.807, 2.05) is 24.3 Å². The SMILES string of the molecule is CC(C)c1ccccc1OCC(=O)N(C)CCO. The fraction of sp³-hybridized carbons (Fsp3) is 0.500. The van der Waals surface area contributed by atoms with Crippen LogP contribution in [0.3, 0.4) is 0 Å². The summed E-state index contributed by atoms with van der Waals surface area (Å²) in [5.74, 6) is 0.965. The number of hydrogen-bond acceptors (Lipinski definition) is 3. The van der Waals surface area contributed by atoms with Crippen molar-refractivity contribution in [3.63, 3.8) is 0 Å². The number of amides is 1. The predicted molar refractivity (Wildman–Crippen MR) is 70.7 cm³/mol. The van der Waals surface area contributed by atoms with E-state index in [2.05, 4.69) is 13.8 Å². The molecule has 1 amide bonds. The molecule has 0 aromatic heterocycles. The lowest BCUT2D eigenvalue weighted by atomic mass is 10.0. The minimum atomic E-state index is -0.136. The van der Waals surface area contributed by atoms with Gasteiger partial charge in [-0.05, 0) is 17.5 Å². The lowest BCUT2D eigenvalue weighted by Gasteiger charge is -2.18. The van der Waals surface area contributed by atoms with Crippen LogP contribution in [-0.4, -0.2) is 42.7 Å². The van der Waals surface area contributed by atoms with Crippen LogP contribution in [0.5, 0.6) is 5.75 Å². The maximum atomic E-state index is 11.7. The van der Waals surface area contributed by atoms with Crippen molar-refractivity contribution < 1.29 is 14.6 Å². The van der Waals surface area contributed by atoms with Gasteiger partial charge in [0, 0.05) is 13.6 Å². The third-order valence-electron chi connectivity index (χ3n) is 2.75. The molecular formula is C14H21NO3. The Balaban J connectivity index is 2.61. The smallest absolute Gasteiger partial charge is 0.260 e. The first-order valence-corrected chi connectivity index (χ1v) is 6.12. The van der Waals surface area contributed by atoms with Gasteiger partial charge in [0.1, 0.15) is 5.75 Å². The van der Waals surface area contributed by atoms with E-state index in [4.69, 9.17) is 9.84 Å². The van der Waals surface area contributed by atoms with Gasteiger partial charge in [-0.1, -0.05) is 32.0 Å². The van der Waals surface area contributed by atoms with Gasteiger partial charge >= 0.3 is 0 Å². The van der Waals surface area contributed by atoms with Crippen molar-refractivity contribution in [1.29, 1.82) is 0 Å². The molecule has 1 aromatic rings. The molecule has 1 N–H and O–H groups in total. The third kappa shape index (κ3) is 4.04. The van der Waals surface area contributed by atoms with Gasteiger partial charge in [0.25, 0.3) is 5.91 Å². The number of carbonyl (C=O) groups is 1. The Morgan fingerprint density at radius 3 is 2.67 bits per heavy atom. The van der Waals surface area contributed by atoms with Crippen molar-refractivity contribution in [2.75, 3.05) is 26.8 Å². The van der Waals surface area contributed by atoms with Gasteiger partial charge in [0.15, 0.2) is 6.61 Å². The Labute approximate surface area is 108 Å². The molecule has 0 heterocycles. The molecule has 0 bridgehead atoms. The molecule has 4 heteroatoms. The van der Waals surface area contributed by atoms with Crippen molar-refractivity contribution in [3.05, 3.63) is 29.8 Å². The summed E-state index contributed by atoms with van der Waals surface area (Å²) in [6.07, 6.45) is 0. The molecule has 18 heavy (non-hydrogen) atoms. The summed E-state index contributed by atoms with van der Waals surface area (Å²) < 4.78 is 5.55. The van der Waals surface area contributed by atoms with Gasteiger partial charge in [-0.25, -0.2) is 0 Å². The highest BCUT2D eigenvalue weighted by atomic mass is 16.5. The summed E-state index contributed by atoms with van der Waals surface area (Å²) >= 11 is 0. The van der Waals surface area contributed by atoms with E-state index in [-0.39, 0.29) is 19.1 Å². The number of benzene rings is 1. The predicted octanol–water partition coefficient (Wildman–Crippen LogP) is 1.64. The highest BCUT2D eigenvalue weighted by molar-refractivity contribution is 5.77. The number of carbonyl (C=O) groups excluding carboxylic acids is 1. The quantitative estimate of drug-likeness (QED) is 0.836. The summed E-state index contributed by atoms with van der Waals surface area (Å²) in [6.45, 7) is 4.46. The van der Waals surface area contributed by atoms with E-state index >= 15 is 0 Å². The molecule has 0 aliphatic carbocycles. The van der Waals surface area contributed by atoms with Crippen LogP contribution in [0.25, 0.3) is 0 Å². The normalized spacial score (nSPS) is 10.5. The third-order valence-corrected chi connectivity index (χ3v) is 2.75. The van der Waals surface area contributed by atoms with Gasteiger partial charge < -0.3 is 14.7 Å². The number of para-hydroxylation sites is 1. The Bertz CT molecular complexity index is 390. The van der Waals surface area contributed by atoms with Crippen LogP contribution in [0.15, 0.2) is 24.3 Å². The molecular weight excluding hydrogens is 230 g/mol. The zero-order valence-electron chi connectivity index (χ0n) is 11.2. The van der Waals surface area contributed by atoms with Gasteiger partial charge in [-0.15, -0.1) is 0 Å². The lowest BCUT2D eigenvalue weighted by Crippen LogP contribution is -2.33. The van der Waals surface area contributed by atoms with Crippen LogP contribution >= 0.6 is 0 Å². The van der Waals surface area contributed by atoms with Crippen molar-refractivity contribution >= 4 is 5.91 Å². The molecule has 0 aliphatic rings. The summed E-state index contributed by atoms with van der Waals surface area (Å²) in [5.41, 5.74) is 1.09. The van der Waals surface area contributed by atoms with Crippen LogP contribution < -0.4 is 4.74 Å². The van der Waals surface area contributed by atoms with Crippen LogP contribution in [0, 0.1) is 0 Å². The lowest BCUT2D eigenvalue weighted by molar-refractivity contribution is -0.132. The average molecular weight is 251 g/mol. The van der Waals surface area contributed by atoms with E-state index in [1.165, 1.54) is 4.90 Å². The van der Waals surface area contributed by atoms with Crippen LogP contribution in [0.1, 0.15) is 25.3 Å². The molecule has 0 spiro atoms. The number of nitrogens with zero attached hydrogens (tertiary/aromatic N) is 1. The van der Waals surface area contributed by atoms with Gasteiger partial charge in [-0.3, -0.25) is 4.79 Å². The number of rotatable bonds is 6.